The van der Waals surface area contributed by atoms with Gasteiger partial charge in [0.15, 0.2) is 0 Å². The van der Waals surface area contributed by atoms with Crippen LogP contribution in [0, 0.1) is 5.92 Å². The van der Waals surface area contributed by atoms with Crippen molar-refractivity contribution in [3.8, 4) is 0 Å². The van der Waals surface area contributed by atoms with E-state index in [-0.39, 0.29) is 11.6 Å². The molecule has 0 radical (unpaired) electrons. The van der Waals surface area contributed by atoms with Crippen LogP contribution in [0.3, 0.4) is 0 Å². The second kappa shape index (κ2) is 5.68. The van der Waals surface area contributed by atoms with Crippen molar-refractivity contribution < 1.29 is 9.47 Å². The zero-order chi connectivity index (χ0) is 13.3. The van der Waals surface area contributed by atoms with Crippen molar-refractivity contribution >= 4 is 22.9 Å². The molecule has 3 unspecified atom stereocenters. The summed E-state index contributed by atoms with van der Waals surface area (Å²) in [4.78, 5) is 1.13. The average Bonchev–Trinajstić information content (AvgIpc) is 3.02. The molecule has 1 aromatic heterocycles. The number of rotatable bonds is 3. The maximum atomic E-state index is 6.24. The summed E-state index contributed by atoms with van der Waals surface area (Å²) >= 11 is 7.90. The smallest absolute Gasteiger partial charge is 0.0940 e. The number of hydrazine groups is 1. The van der Waals surface area contributed by atoms with Crippen molar-refractivity contribution in [1.29, 1.82) is 0 Å². The minimum atomic E-state index is -0.0955. The predicted octanol–water partition coefficient (Wildman–Crippen LogP) is 2.49. The van der Waals surface area contributed by atoms with Crippen LogP contribution in [0.25, 0.3) is 0 Å². The van der Waals surface area contributed by atoms with Crippen LogP contribution in [0.2, 0.25) is 5.02 Å². The Kier molecular flexibility index (Phi) is 4.12. The Hall–Kier alpha value is -0.170. The van der Waals surface area contributed by atoms with Gasteiger partial charge in [-0.2, -0.15) is 0 Å². The highest BCUT2D eigenvalue weighted by Gasteiger charge is 2.43. The molecule has 19 heavy (non-hydrogen) atoms. The minimum absolute atomic E-state index is 0.0955. The van der Waals surface area contributed by atoms with Crippen LogP contribution in [-0.2, 0) is 9.47 Å². The lowest BCUT2D eigenvalue weighted by Gasteiger charge is -2.40. The van der Waals surface area contributed by atoms with Crippen molar-refractivity contribution in [2.75, 3.05) is 19.8 Å². The molecule has 3 N–H and O–H groups in total. The molecule has 2 aliphatic rings. The first-order valence-electron chi connectivity index (χ1n) is 6.65. The Bertz CT molecular complexity index is 434. The first-order valence-corrected chi connectivity index (χ1v) is 7.91. The van der Waals surface area contributed by atoms with E-state index in [1.807, 2.05) is 11.4 Å². The molecule has 0 saturated carbocycles. The minimum Gasteiger partial charge on any atom is -0.378 e. The van der Waals surface area contributed by atoms with Gasteiger partial charge in [-0.05, 0) is 30.2 Å². The van der Waals surface area contributed by atoms with Gasteiger partial charge >= 0.3 is 0 Å². The largest absolute Gasteiger partial charge is 0.378 e. The molecule has 2 aliphatic heterocycles. The monoisotopic (exact) mass is 302 g/mol. The van der Waals surface area contributed by atoms with Crippen LogP contribution in [0.1, 0.15) is 30.2 Å². The highest BCUT2D eigenvalue weighted by molar-refractivity contribution is 7.10. The third-order valence-corrected chi connectivity index (χ3v) is 5.62. The molecule has 0 amide bonds. The third kappa shape index (κ3) is 2.68. The highest BCUT2D eigenvalue weighted by Crippen LogP contribution is 2.43. The lowest BCUT2D eigenvalue weighted by Crippen LogP contribution is -2.45. The molecule has 4 nitrogen and oxygen atoms in total. The quantitative estimate of drug-likeness (QED) is 0.665. The van der Waals surface area contributed by atoms with Crippen molar-refractivity contribution in [2.24, 2.45) is 11.8 Å². The van der Waals surface area contributed by atoms with Crippen LogP contribution in [0.15, 0.2) is 11.4 Å². The Morgan fingerprint density at radius 2 is 2.42 bits per heavy atom. The number of nitrogens with one attached hydrogen (secondary N) is 1. The maximum absolute atomic E-state index is 6.24. The Morgan fingerprint density at radius 3 is 3.05 bits per heavy atom. The van der Waals surface area contributed by atoms with Crippen molar-refractivity contribution in [2.45, 2.75) is 30.9 Å². The predicted molar refractivity (Wildman–Crippen MR) is 76.2 cm³/mol. The van der Waals surface area contributed by atoms with Gasteiger partial charge in [0.2, 0.25) is 0 Å². The van der Waals surface area contributed by atoms with Crippen molar-refractivity contribution in [3.63, 3.8) is 0 Å². The molecule has 2 fully saturated rings. The topological polar surface area (TPSA) is 56.5 Å². The van der Waals surface area contributed by atoms with Crippen LogP contribution in [0.4, 0.5) is 0 Å². The van der Waals surface area contributed by atoms with Crippen LogP contribution < -0.4 is 11.3 Å². The molecule has 1 spiro atoms. The standard InChI is InChI=1S/C13H19ClN2O2S/c14-10-2-6-19-12(10)11(16-15)9-1-4-18-13(7-9)3-5-17-8-13/h2,6,9,11,16H,1,3-5,7-8,15H2. The highest BCUT2D eigenvalue weighted by atomic mass is 35.5. The third-order valence-electron chi connectivity index (χ3n) is 4.18. The summed E-state index contributed by atoms with van der Waals surface area (Å²) < 4.78 is 11.5. The number of ether oxygens (including phenoxy) is 2. The Labute approximate surface area is 122 Å². The summed E-state index contributed by atoms with van der Waals surface area (Å²) in [5, 5.41) is 2.81. The van der Waals surface area contributed by atoms with E-state index >= 15 is 0 Å². The maximum Gasteiger partial charge on any atom is 0.0940 e. The first kappa shape index (κ1) is 13.8. The van der Waals surface area contributed by atoms with E-state index in [4.69, 9.17) is 26.9 Å². The van der Waals surface area contributed by atoms with Gasteiger partial charge in [0, 0.05) is 24.5 Å². The SMILES string of the molecule is NNC(c1sccc1Cl)C1CCOC2(CCOC2)C1. The molecule has 106 valence electrons. The molecule has 3 atom stereocenters. The van der Waals surface area contributed by atoms with E-state index in [1.165, 1.54) is 0 Å². The molecule has 2 saturated heterocycles. The lowest BCUT2D eigenvalue weighted by molar-refractivity contribution is -0.103. The fourth-order valence-corrected chi connectivity index (χ4v) is 4.49. The second-order valence-corrected chi connectivity index (χ2v) is 6.72. The van der Waals surface area contributed by atoms with Crippen LogP contribution in [-0.4, -0.2) is 25.4 Å². The molecular weight excluding hydrogens is 284 g/mol. The van der Waals surface area contributed by atoms with Crippen molar-refractivity contribution in [1.82, 2.24) is 5.43 Å². The zero-order valence-electron chi connectivity index (χ0n) is 10.7. The number of nitrogens with two attached hydrogens (primary N) is 1. The molecule has 0 aromatic carbocycles. The van der Waals surface area contributed by atoms with Gasteiger partial charge in [-0.1, -0.05) is 11.6 Å². The van der Waals surface area contributed by atoms with Crippen LogP contribution >= 0.6 is 22.9 Å². The Balaban J connectivity index is 1.78. The van der Waals surface area contributed by atoms with E-state index in [2.05, 4.69) is 5.43 Å². The van der Waals surface area contributed by atoms with Crippen molar-refractivity contribution in [3.05, 3.63) is 21.3 Å². The Morgan fingerprint density at radius 1 is 1.53 bits per heavy atom. The molecular formula is C13H19ClN2O2S. The van der Waals surface area contributed by atoms with Gasteiger partial charge < -0.3 is 9.47 Å². The summed E-state index contributed by atoms with van der Waals surface area (Å²) in [5.41, 5.74) is 2.86. The van der Waals surface area contributed by atoms with E-state index < -0.39 is 0 Å². The molecule has 1 aromatic rings. The van der Waals surface area contributed by atoms with E-state index in [1.54, 1.807) is 11.3 Å². The van der Waals surface area contributed by atoms with Gasteiger partial charge in [-0.15, -0.1) is 11.3 Å². The summed E-state index contributed by atoms with van der Waals surface area (Å²) in [6.45, 7) is 2.28. The number of halogens is 1. The van der Waals surface area contributed by atoms with Gasteiger partial charge in [-0.25, -0.2) is 0 Å². The summed E-state index contributed by atoms with van der Waals surface area (Å²) in [6.07, 6.45) is 2.97. The molecule has 6 heteroatoms. The van der Waals surface area contributed by atoms with E-state index in [9.17, 15) is 0 Å². The van der Waals surface area contributed by atoms with E-state index in [0.29, 0.717) is 12.5 Å². The van der Waals surface area contributed by atoms with Gasteiger partial charge in [0.1, 0.15) is 0 Å². The molecule has 3 heterocycles. The fraction of sp³-hybridized carbons (Fsp3) is 0.692. The van der Waals surface area contributed by atoms with Crippen LogP contribution in [0.5, 0.6) is 0 Å². The normalized spacial score (nSPS) is 32.8. The summed E-state index contributed by atoms with van der Waals surface area (Å²) in [7, 11) is 0. The molecule has 3 rings (SSSR count). The fourth-order valence-electron chi connectivity index (χ4n) is 3.17. The lowest BCUT2D eigenvalue weighted by atomic mass is 9.81. The zero-order valence-corrected chi connectivity index (χ0v) is 12.3. The number of thiophene rings is 1. The number of hydrogen-bond donors (Lipinski definition) is 2. The average molecular weight is 303 g/mol. The van der Waals surface area contributed by atoms with Gasteiger partial charge in [0.25, 0.3) is 0 Å². The second-order valence-electron chi connectivity index (χ2n) is 5.36. The molecule has 0 aliphatic carbocycles. The summed E-state index contributed by atoms with van der Waals surface area (Å²) in [5.74, 6) is 6.22. The first-order chi connectivity index (χ1) is 9.24. The van der Waals surface area contributed by atoms with E-state index in [0.717, 1.165) is 42.4 Å². The molecule has 0 bridgehead atoms. The van der Waals surface area contributed by atoms with Gasteiger partial charge in [0.05, 0.1) is 23.3 Å². The number of hydrogen-bond acceptors (Lipinski definition) is 5. The van der Waals surface area contributed by atoms with Gasteiger partial charge in [-0.3, -0.25) is 11.3 Å². The summed E-state index contributed by atoms with van der Waals surface area (Å²) in [6, 6.07) is 2.04.